The van der Waals surface area contributed by atoms with Gasteiger partial charge in [0.15, 0.2) is 0 Å². The minimum absolute atomic E-state index is 0.158. The lowest BCUT2D eigenvalue weighted by atomic mass is 9.92. The monoisotopic (exact) mass is 340 g/mol. The van der Waals surface area contributed by atoms with Crippen molar-refractivity contribution in [1.82, 2.24) is 9.71 Å². The first-order valence-electron chi connectivity index (χ1n) is 6.44. The van der Waals surface area contributed by atoms with Crippen LogP contribution in [0.3, 0.4) is 0 Å². The van der Waals surface area contributed by atoms with Crippen LogP contribution < -0.4 is 4.72 Å². The molecule has 0 aliphatic rings. The summed E-state index contributed by atoms with van der Waals surface area (Å²) < 4.78 is 27.1. The van der Waals surface area contributed by atoms with Crippen LogP contribution in [0.2, 0.25) is 0 Å². The number of carbonyl (C=O) groups is 1. The van der Waals surface area contributed by atoms with Gasteiger partial charge in [0, 0.05) is 29.2 Å². The van der Waals surface area contributed by atoms with E-state index in [-0.39, 0.29) is 22.4 Å². The molecule has 0 aliphatic heterocycles. The summed E-state index contributed by atoms with van der Waals surface area (Å²) in [5.74, 6) is -1.22. The molecule has 0 saturated carbocycles. The van der Waals surface area contributed by atoms with Crippen molar-refractivity contribution in [2.75, 3.05) is 6.54 Å². The highest BCUT2D eigenvalue weighted by molar-refractivity contribution is 7.89. The van der Waals surface area contributed by atoms with Gasteiger partial charge < -0.3 is 5.11 Å². The number of hydrogen-bond acceptors (Lipinski definition) is 5. The van der Waals surface area contributed by atoms with Gasteiger partial charge in [-0.3, -0.25) is 4.98 Å². The van der Waals surface area contributed by atoms with E-state index >= 15 is 0 Å². The number of pyridine rings is 1. The molecule has 0 bridgehead atoms. The van der Waals surface area contributed by atoms with Crippen molar-refractivity contribution in [1.29, 1.82) is 0 Å². The van der Waals surface area contributed by atoms with Gasteiger partial charge in [0.2, 0.25) is 10.0 Å². The van der Waals surface area contributed by atoms with E-state index in [4.69, 9.17) is 5.11 Å². The predicted molar refractivity (Wildman–Crippen MR) is 83.7 cm³/mol. The normalized spacial score (nSPS) is 12.3. The Bertz CT molecular complexity index is 768. The van der Waals surface area contributed by atoms with E-state index in [0.29, 0.717) is 0 Å². The van der Waals surface area contributed by atoms with E-state index in [0.717, 1.165) is 23.3 Å². The van der Waals surface area contributed by atoms with Crippen LogP contribution in [0, 0.1) is 0 Å². The minimum Gasteiger partial charge on any atom is -0.478 e. The fourth-order valence-corrected chi connectivity index (χ4v) is 3.84. The summed E-state index contributed by atoms with van der Waals surface area (Å²) in [6.45, 7) is 4.08. The number of carboxylic acids is 1. The van der Waals surface area contributed by atoms with Crippen molar-refractivity contribution in [3.05, 3.63) is 46.4 Å². The van der Waals surface area contributed by atoms with Crippen molar-refractivity contribution in [2.24, 2.45) is 0 Å². The van der Waals surface area contributed by atoms with E-state index < -0.39 is 16.0 Å². The average molecular weight is 340 g/mol. The molecule has 118 valence electrons. The van der Waals surface area contributed by atoms with Crippen molar-refractivity contribution < 1.29 is 18.3 Å². The molecular weight excluding hydrogens is 324 g/mol. The summed E-state index contributed by atoms with van der Waals surface area (Å²) in [7, 11) is -3.81. The zero-order chi connectivity index (χ0) is 16.4. The standard InChI is InChI=1S/C14H16N2O4S2/c1-14(2,12-4-3-5-21-12)9-16-22(19,20)11-6-10(13(17)18)7-15-8-11/h3-8,16H,9H2,1-2H3,(H,17,18). The molecule has 6 nitrogen and oxygen atoms in total. The maximum absolute atomic E-state index is 12.3. The summed E-state index contributed by atoms with van der Waals surface area (Å²) in [4.78, 5) is 15.5. The van der Waals surface area contributed by atoms with Crippen LogP contribution in [0.4, 0.5) is 0 Å². The van der Waals surface area contributed by atoms with E-state index in [9.17, 15) is 13.2 Å². The molecule has 2 aromatic heterocycles. The number of aromatic carboxylic acids is 1. The Morgan fingerprint density at radius 3 is 2.73 bits per heavy atom. The highest BCUT2D eigenvalue weighted by Gasteiger charge is 2.25. The molecular formula is C14H16N2O4S2. The Kier molecular flexibility index (Phi) is 4.64. The fourth-order valence-electron chi connectivity index (χ4n) is 1.79. The summed E-state index contributed by atoms with van der Waals surface area (Å²) in [5.41, 5.74) is -0.528. The van der Waals surface area contributed by atoms with Crippen molar-refractivity contribution >= 4 is 27.3 Å². The van der Waals surface area contributed by atoms with Gasteiger partial charge in [0.05, 0.1) is 5.56 Å². The number of aromatic nitrogens is 1. The molecule has 22 heavy (non-hydrogen) atoms. The molecule has 0 aromatic carbocycles. The van der Waals surface area contributed by atoms with Gasteiger partial charge in [0.25, 0.3) is 0 Å². The van der Waals surface area contributed by atoms with Crippen molar-refractivity contribution in [2.45, 2.75) is 24.2 Å². The average Bonchev–Trinajstić information content (AvgIpc) is 3.01. The van der Waals surface area contributed by atoms with E-state index in [1.165, 1.54) is 0 Å². The van der Waals surface area contributed by atoms with E-state index in [2.05, 4.69) is 9.71 Å². The minimum atomic E-state index is -3.81. The van der Waals surface area contributed by atoms with Gasteiger partial charge in [-0.15, -0.1) is 11.3 Å². The van der Waals surface area contributed by atoms with Crippen LogP contribution in [-0.2, 0) is 15.4 Å². The lowest BCUT2D eigenvalue weighted by molar-refractivity contribution is 0.0696. The summed E-state index contributed by atoms with van der Waals surface area (Å²) in [5, 5.41) is 10.8. The molecule has 0 atom stereocenters. The maximum atomic E-state index is 12.3. The SMILES string of the molecule is CC(C)(CNS(=O)(=O)c1cncc(C(=O)O)c1)c1cccs1. The second kappa shape index (κ2) is 6.15. The van der Waals surface area contributed by atoms with Gasteiger partial charge in [-0.2, -0.15) is 0 Å². The molecule has 0 radical (unpaired) electrons. The first-order valence-corrected chi connectivity index (χ1v) is 8.81. The molecule has 2 N–H and O–H groups in total. The molecule has 2 heterocycles. The third-order valence-electron chi connectivity index (χ3n) is 3.16. The zero-order valence-electron chi connectivity index (χ0n) is 12.1. The largest absolute Gasteiger partial charge is 0.478 e. The molecule has 0 spiro atoms. The molecule has 0 aliphatic carbocycles. The van der Waals surface area contributed by atoms with Gasteiger partial charge in [-0.25, -0.2) is 17.9 Å². The molecule has 0 amide bonds. The van der Waals surface area contributed by atoms with Crippen molar-refractivity contribution in [3.63, 3.8) is 0 Å². The van der Waals surface area contributed by atoms with Crippen LogP contribution >= 0.6 is 11.3 Å². The number of hydrogen-bond donors (Lipinski definition) is 2. The number of nitrogens with zero attached hydrogens (tertiary/aromatic N) is 1. The van der Waals surface area contributed by atoms with Gasteiger partial charge in [-0.05, 0) is 17.5 Å². The summed E-state index contributed by atoms with van der Waals surface area (Å²) in [6.07, 6.45) is 2.24. The Morgan fingerprint density at radius 1 is 1.41 bits per heavy atom. The Morgan fingerprint density at radius 2 is 2.14 bits per heavy atom. The predicted octanol–water partition coefficient (Wildman–Crippen LogP) is 2.10. The van der Waals surface area contributed by atoms with Gasteiger partial charge in [-0.1, -0.05) is 19.9 Å². The Labute approximate surface area is 132 Å². The Hall–Kier alpha value is -1.77. The molecule has 2 rings (SSSR count). The maximum Gasteiger partial charge on any atom is 0.337 e. The lowest BCUT2D eigenvalue weighted by Crippen LogP contribution is -2.36. The van der Waals surface area contributed by atoms with Crippen LogP contribution in [0.25, 0.3) is 0 Å². The molecule has 0 unspecified atom stereocenters. The molecule has 8 heteroatoms. The van der Waals surface area contributed by atoms with Gasteiger partial charge in [0.1, 0.15) is 4.90 Å². The highest BCUT2D eigenvalue weighted by Crippen LogP contribution is 2.27. The number of nitrogens with one attached hydrogen (secondary N) is 1. The number of thiophene rings is 1. The first-order chi connectivity index (χ1) is 10.2. The zero-order valence-corrected chi connectivity index (χ0v) is 13.7. The van der Waals surface area contributed by atoms with E-state index in [1.807, 2.05) is 31.4 Å². The van der Waals surface area contributed by atoms with Crippen LogP contribution in [0.1, 0.15) is 29.1 Å². The van der Waals surface area contributed by atoms with Crippen LogP contribution in [0.5, 0.6) is 0 Å². The first kappa shape index (κ1) is 16.6. The second-order valence-electron chi connectivity index (χ2n) is 5.40. The number of carboxylic acid groups (broad SMARTS) is 1. The molecule has 0 fully saturated rings. The Balaban J connectivity index is 2.18. The number of rotatable bonds is 6. The quantitative estimate of drug-likeness (QED) is 0.839. The second-order valence-corrected chi connectivity index (χ2v) is 8.11. The van der Waals surface area contributed by atoms with Gasteiger partial charge >= 0.3 is 5.97 Å². The van der Waals surface area contributed by atoms with Crippen LogP contribution in [-0.4, -0.2) is 31.0 Å². The molecule has 0 saturated heterocycles. The smallest absolute Gasteiger partial charge is 0.337 e. The third kappa shape index (κ3) is 3.70. The topological polar surface area (TPSA) is 96.4 Å². The van der Waals surface area contributed by atoms with E-state index in [1.54, 1.807) is 11.3 Å². The number of sulfonamides is 1. The summed E-state index contributed by atoms with van der Waals surface area (Å²) >= 11 is 1.56. The lowest BCUT2D eigenvalue weighted by Gasteiger charge is -2.23. The fraction of sp³-hybridized carbons (Fsp3) is 0.286. The van der Waals surface area contributed by atoms with Crippen molar-refractivity contribution in [3.8, 4) is 0 Å². The summed E-state index contributed by atoms with van der Waals surface area (Å²) in [6, 6.07) is 4.96. The van der Waals surface area contributed by atoms with Crippen LogP contribution in [0.15, 0.2) is 40.9 Å². The molecule has 2 aromatic rings. The highest BCUT2D eigenvalue weighted by atomic mass is 32.2. The third-order valence-corrected chi connectivity index (χ3v) is 5.77.